The van der Waals surface area contributed by atoms with Crippen molar-refractivity contribution in [2.24, 2.45) is 0 Å². The third-order valence-corrected chi connectivity index (χ3v) is 5.90. The highest BCUT2D eigenvalue weighted by Gasteiger charge is 2.21. The van der Waals surface area contributed by atoms with E-state index < -0.39 is 0 Å². The number of ether oxygens (including phenoxy) is 2. The molecule has 0 unspecified atom stereocenters. The maximum Gasteiger partial charge on any atom is 0.273 e. The van der Waals surface area contributed by atoms with Crippen molar-refractivity contribution in [2.75, 3.05) is 50.6 Å². The Hall–Kier alpha value is -4.18. The Morgan fingerprint density at radius 1 is 1.03 bits per heavy atom. The van der Waals surface area contributed by atoms with E-state index in [1.807, 2.05) is 18.2 Å². The fourth-order valence-electron chi connectivity index (χ4n) is 3.99. The van der Waals surface area contributed by atoms with Crippen LogP contribution in [0.25, 0.3) is 0 Å². The Balaban J connectivity index is 1.34. The van der Waals surface area contributed by atoms with Gasteiger partial charge in [0.2, 0.25) is 0 Å². The predicted molar refractivity (Wildman–Crippen MR) is 132 cm³/mol. The second-order valence-corrected chi connectivity index (χ2v) is 8.11. The molecule has 1 saturated heterocycles. The number of carbonyl (C=O) groups is 1. The fraction of sp³-hybridized carbons (Fsp3) is 0.280. The van der Waals surface area contributed by atoms with Gasteiger partial charge in [0.05, 0.1) is 31.0 Å². The van der Waals surface area contributed by atoms with Crippen molar-refractivity contribution in [2.45, 2.75) is 6.54 Å². The van der Waals surface area contributed by atoms with Gasteiger partial charge in [0.25, 0.3) is 11.6 Å². The van der Waals surface area contributed by atoms with Crippen molar-refractivity contribution >= 4 is 23.1 Å². The van der Waals surface area contributed by atoms with Crippen LogP contribution < -0.4 is 19.7 Å². The van der Waals surface area contributed by atoms with Crippen LogP contribution in [0.3, 0.4) is 0 Å². The Kier molecular flexibility index (Phi) is 7.41. The van der Waals surface area contributed by atoms with Crippen LogP contribution in [-0.4, -0.2) is 61.1 Å². The lowest BCUT2D eigenvalue weighted by atomic mass is 10.1. The molecule has 10 nitrogen and oxygen atoms in total. The van der Waals surface area contributed by atoms with E-state index in [2.05, 4.69) is 20.1 Å². The molecule has 0 bridgehead atoms. The molecular weight excluding hydrogens is 450 g/mol. The molecule has 1 aliphatic heterocycles. The Labute approximate surface area is 203 Å². The lowest BCUT2D eigenvalue weighted by Gasteiger charge is -2.35. The van der Waals surface area contributed by atoms with Crippen molar-refractivity contribution in [3.05, 3.63) is 82.0 Å². The minimum absolute atomic E-state index is 0.154. The van der Waals surface area contributed by atoms with Crippen LogP contribution in [0, 0.1) is 10.1 Å². The summed E-state index contributed by atoms with van der Waals surface area (Å²) in [5, 5.41) is 14.1. The van der Waals surface area contributed by atoms with E-state index in [1.165, 1.54) is 14.2 Å². The van der Waals surface area contributed by atoms with Gasteiger partial charge in [-0.1, -0.05) is 18.2 Å². The third-order valence-electron chi connectivity index (χ3n) is 5.90. The number of benzene rings is 2. The maximum absolute atomic E-state index is 12.7. The van der Waals surface area contributed by atoms with Gasteiger partial charge < -0.3 is 19.7 Å². The number of hydrogen-bond acceptors (Lipinski definition) is 8. The minimum atomic E-state index is -0.333. The third kappa shape index (κ3) is 5.85. The maximum atomic E-state index is 12.7. The van der Waals surface area contributed by atoms with Gasteiger partial charge >= 0.3 is 0 Å². The predicted octanol–water partition coefficient (Wildman–Crippen LogP) is 3.58. The van der Waals surface area contributed by atoms with Crippen molar-refractivity contribution in [1.29, 1.82) is 0 Å². The van der Waals surface area contributed by atoms with Gasteiger partial charge in [-0.3, -0.25) is 19.8 Å². The highest BCUT2D eigenvalue weighted by molar-refractivity contribution is 6.04. The summed E-state index contributed by atoms with van der Waals surface area (Å²) in [5.41, 5.74) is 1.87. The van der Waals surface area contributed by atoms with Gasteiger partial charge in [-0.25, -0.2) is 4.98 Å². The summed E-state index contributed by atoms with van der Waals surface area (Å²) >= 11 is 0. The molecule has 0 saturated carbocycles. The molecule has 182 valence electrons. The second kappa shape index (κ2) is 10.8. The highest BCUT2D eigenvalue weighted by atomic mass is 16.6. The van der Waals surface area contributed by atoms with Crippen molar-refractivity contribution in [3.63, 3.8) is 0 Å². The average Bonchev–Trinajstić information content (AvgIpc) is 2.89. The quantitative estimate of drug-likeness (QED) is 0.387. The van der Waals surface area contributed by atoms with Crippen LogP contribution in [0.5, 0.6) is 11.5 Å². The fourth-order valence-corrected chi connectivity index (χ4v) is 3.99. The van der Waals surface area contributed by atoms with Crippen LogP contribution in [-0.2, 0) is 6.54 Å². The first-order valence-electron chi connectivity index (χ1n) is 11.2. The van der Waals surface area contributed by atoms with Crippen molar-refractivity contribution in [1.82, 2.24) is 9.88 Å². The first-order valence-corrected chi connectivity index (χ1v) is 11.2. The highest BCUT2D eigenvalue weighted by Crippen LogP contribution is 2.24. The van der Waals surface area contributed by atoms with Crippen LogP contribution >= 0.6 is 0 Å². The van der Waals surface area contributed by atoms with Crippen LogP contribution in [0.15, 0.2) is 60.8 Å². The standard InChI is InChI=1S/C25H27N5O5/c1-34-21-13-19(14-22(15-21)35-2)25(31)27-20-7-8-24(26-16-20)29-11-9-28(10-12-29)17-18-5-3-4-6-23(18)30(32)33/h3-8,13-16H,9-12,17H2,1-2H3,(H,27,31). The molecule has 1 aromatic heterocycles. The largest absolute Gasteiger partial charge is 0.497 e. The lowest BCUT2D eigenvalue weighted by Crippen LogP contribution is -2.46. The number of para-hydroxylation sites is 1. The molecule has 4 rings (SSSR count). The molecule has 1 fully saturated rings. The van der Waals surface area contributed by atoms with Crippen LogP contribution in [0.2, 0.25) is 0 Å². The lowest BCUT2D eigenvalue weighted by molar-refractivity contribution is -0.385. The molecule has 1 aliphatic rings. The summed E-state index contributed by atoms with van der Waals surface area (Å²) < 4.78 is 10.5. The minimum Gasteiger partial charge on any atom is -0.497 e. The Bertz CT molecular complexity index is 1170. The summed E-state index contributed by atoms with van der Waals surface area (Å²) in [7, 11) is 3.06. The molecule has 0 atom stereocenters. The number of nitro benzene ring substituents is 1. The number of nitrogens with zero attached hydrogens (tertiary/aromatic N) is 4. The zero-order valence-corrected chi connectivity index (χ0v) is 19.6. The van der Waals surface area contributed by atoms with Gasteiger partial charge in [0.1, 0.15) is 17.3 Å². The van der Waals surface area contributed by atoms with Crippen LogP contribution in [0.4, 0.5) is 17.2 Å². The van der Waals surface area contributed by atoms with E-state index in [4.69, 9.17) is 9.47 Å². The topological polar surface area (TPSA) is 110 Å². The number of methoxy groups -OCH3 is 2. The van der Waals surface area contributed by atoms with Gasteiger partial charge in [0.15, 0.2) is 0 Å². The van der Waals surface area contributed by atoms with E-state index in [0.29, 0.717) is 29.3 Å². The molecule has 1 amide bonds. The Morgan fingerprint density at radius 3 is 2.31 bits per heavy atom. The van der Waals surface area contributed by atoms with Gasteiger partial charge in [-0.15, -0.1) is 0 Å². The summed E-state index contributed by atoms with van der Waals surface area (Å²) in [6.07, 6.45) is 1.63. The van der Waals surface area contributed by atoms with E-state index in [-0.39, 0.29) is 16.5 Å². The number of rotatable bonds is 8. The normalized spacial score (nSPS) is 13.8. The molecule has 2 heterocycles. The van der Waals surface area contributed by atoms with E-state index >= 15 is 0 Å². The number of hydrogen-bond donors (Lipinski definition) is 1. The van der Waals surface area contributed by atoms with E-state index in [1.54, 1.807) is 42.6 Å². The van der Waals surface area contributed by atoms with Gasteiger partial charge in [-0.2, -0.15) is 0 Å². The van der Waals surface area contributed by atoms with E-state index in [9.17, 15) is 14.9 Å². The molecule has 1 N–H and O–H groups in total. The first-order chi connectivity index (χ1) is 17.0. The average molecular weight is 478 g/mol. The number of nitrogens with one attached hydrogen (secondary N) is 1. The van der Waals surface area contributed by atoms with Gasteiger partial charge in [0, 0.05) is 56.0 Å². The van der Waals surface area contributed by atoms with E-state index in [0.717, 1.165) is 37.6 Å². The smallest absolute Gasteiger partial charge is 0.273 e. The second-order valence-electron chi connectivity index (χ2n) is 8.11. The number of nitro groups is 1. The zero-order valence-electron chi connectivity index (χ0n) is 19.6. The SMILES string of the molecule is COc1cc(OC)cc(C(=O)Nc2ccc(N3CCN(Cc4ccccc4[N+](=O)[O-])CC3)nc2)c1. The molecule has 3 aromatic rings. The molecule has 0 radical (unpaired) electrons. The molecule has 0 spiro atoms. The molecule has 35 heavy (non-hydrogen) atoms. The number of carbonyl (C=O) groups excluding carboxylic acids is 1. The van der Waals surface area contributed by atoms with Gasteiger partial charge in [-0.05, 0) is 24.3 Å². The number of aromatic nitrogens is 1. The molecule has 0 aliphatic carbocycles. The Morgan fingerprint density at radius 2 is 1.71 bits per heavy atom. The number of amides is 1. The number of anilines is 2. The van der Waals surface area contributed by atoms with Crippen molar-refractivity contribution < 1.29 is 19.2 Å². The number of pyridine rings is 1. The first kappa shape index (κ1) is 24.0. The summed E-state index contributed by atoms with van der Waals surface area (Å²) in [6.45, 7) is 3.58. The van der Waals surface area contributed by atoms with Crippen LogP contribution in [0.1, 0.15) is 15.9 Å². The zero-order chi connectivity index (χ0) is 24.8. The monoisotopic (exact) mass is 477 g/mol. The molecule has 2 aromatic carbocycles. The van der Waals surface area contributed by atoms with Crippen molar-refractivity contribution in [3.8, 4) is 11.5 Å². The number of piperazine rings is 1. The molecular formula is C25H27N5O5. The molecule has 10 heteroatoms. The summed E-state index contributed by atoms with van der Waals surface area (Å²) in [5.74, 6) is 1.59. The summed E-state index contributed by atoms with van der Waals surface area (Å²) in [4.78, 5) is 32.5. The summed E-state index contributed by atoms with van der Waals surface area (Å²) in [6, 6.07) is 15.5.